The Balaban J connectivity index is 2.77. The van der Waals surface area contributed by atoms with E-state index >= 15 is 0 Å². The molecule has 0 aliphatic carbocycles. The highest BCUT2D eigenvalue weighted by atomic mass is 16.5. The average Bonchev–Trinajstić information content (AvgIpc) is 2.36. The average molecular weight is 215 g/mol. The van der Waals surface area contributed by atoms with Gasteiger partial charge in [-0.1, -0.05) is 30.3 Å². The van der Waals surface area contributed by atoms with Gasteiger partial charge in [-0.15, -0.1) is 0 Å². The minimum Gasteiger partial charge on any atom is -0.298 e. The first-order valence-corrected chi connectivity index (χ1v) is 4.69. The molecule has 2 rings (SSSR count). The van der Waals surface area contributed by atoms with Crippen molar-refractivity contribution in [2.75, 3.05) is 0 Å². The molecule has 0 atom stereocenters. The van der Waals surface area contributed by atoms with Crippen LogP contribution >= 0.6 is 0 Å². The molecule has 2 aromatic rings. The number of benzene rings is 2. The summed E-state index contributed by atoms with van der Waals surface area (Å²) in [5.74, 6) is -0.687. The van der Waals surface area contributed by atoms with Gasteiger partial charge in [0.05, 0.1) is 5.56 Å². The molecule has 1 amide bonds. The van der Waals surface area contributed by atoms with Crippen molar-refractivity contribution < 1.29 is 14.8 Å². The van der Waals surface area contributed by atoms with Gasteiger partial charge in [-0.2, -0.15) is 0 Å². The third-order valence-corrected chi connectivity index (χ3v) is 2.43. The van der Waals surface area contributed by atoms with Crippen molar-refractivity contribution in [2.24, 2.45) is 0 Å². The fourth-order valence-corrected chi connectivity index (χ4v) is 1.68. The maximum atomic E-state index is 11.3. The van der Waals surface area contributed by atoms with Gasteiger partial charge in [-0.05, 0) is 16.8 Å². The Labute approximate surface area is 91.5 Å². The van der Waals surface area contributed by atoms with E-state index in [4.69, 9.17) is 5.21 Å². The molecule has 0 radical (unpaired) electrons. The molecular formula is C12H9NO3. The van der Waals surface area contributed by atoms with E-state index in [0.717, 1.165) is 5.39 Å². The second kappa shape index (κ2) is 4.12. The van der Waals surface area contributed by atoms with Gasteiger partial charge in [0, 0.05) is 5.56 Å². The molecule has 2 N–H and O–H groups in total. The molecule has 4 nitrogen and oxygen atoms in total. The monoisotopic (exact) mass is 215 g/mol. The van der Waals surface area contributed by atoms with Crippen LogP contribution in [0.5, 0.6) is 0 Å². The van der Waals surface area contributed by atoms with E-state index in [2.05, 4.69) is 0 Å². The number of hydrogen-bond donors (Lipinski definition) is 2. The Morgan fingerprint density at radius 3 is 2.62 bits per heavy atom. The third-order valence-electron chi connectivity index (χ3n) is 2.43. The molecule has 0 unspecified atom stereocenters. The highest BCUT2D eigenvalue weighted by Gasteiger charge is 2.12. The third kappa shape index (κ3) is 1.55. The molecule has 4 heteroatoms. The van der Waals surface area contributed by atoms with Gasteiger partial charge in [-0.3, -0.25) is 14.8 Å². The summed E-state index contributed by atoms with van der Waals surface area (Å²) >= 11 is 0. The SMILES string of the molecule is O=Cc1c(C(=O)NO)ccc2ccccc12. The molecule has 0 aromatic heterocycles. The molecule has 0 saturated carbocycles. The van der Waals surface area contributed by atoms with Gasteiger partial charge in [0.25, 0.3) is 5.91 Å². The molecular weight excluding hydrogens is 206 g/mol. The van der Waals surface area contributed by atoms with E-state index < -0.39 is 5.91 Å². The fourth-order valence-electron chi connectivity index (χ4n) is 1.68. The highest BCUT2D eigenvalue weighted by Crippen LogP contribution is 2.20. The molecule has 2 aromatic carbocycles. The number of aldehydes is 1. The van der Waals surface area contributed by atoms with Crippen LogP contribution in [0.15, 0.2) is 36.4 Å². The first-order valence-electron chi connectivity index (χ1n) is 4.69. The molecule has 0 aliphatic heterocycles. The topological polar surface area (TPSA) is 66.4 Å². The number of amides is 1. The van der Waals surface area contributed by atoms with Crippen LogP contribution in [0.1, 0.15) is 20.7 Å². The van der Waals surface area contributed by atoms with Crippen molar-refractivity contribution in [3.8, 4) is 0 Å². The largest absolute Gasteiger partial charge is 0.298 e. The van der Waals surface area contributed by atoms with Crippen molar-refractivity contribution in [2.45, 2.75) is 0 Å². The smallest absolute Gasteiger partial charge is 0.275 e. The quantitative estimate of drug-likeness (QED) is 0.456. The van der Waals surface area contributed by atoms with Crippen LogP contribution in [-0.2, 0) is 0 Å². The Bertz CT molecular complexity index is 563. The lowest BCUT2D eigenvalue weighted by Gasteiger charge is -2.06. The van der Waals surface area contributed by atoms with Crippen molar-refractivity contribution in [3.63, 3.8) is 0 Å². The number of hydroxylamine groups is 1. The zero-order valence-electron chi connectivity index (χ0n) is 8.31. The molecule has 0 aliphatic rings. The standard InChI is InChI=1S/C12H9NO3/c14-7-11-9-4-2-1-3-8(9)5-6-10(11)12(15)13-16/h1-7,16H,(H,13,15). The number of rotatable bonds is 2. The normalized spacial score (nSPS) is 10.1. The van der Waals surface area contributed by atoms with Gasteiger partial charge < -0.3 is 0 Å². The van der Waals surface area contributed by atoms with Crippen molar-refractivity contribution in [3.05, 3.63) is 47.5 Å². The van der Waals surface area contributed by atoms with E-state index in [1.807, 2.05) is 12.1 Å². The summed E-state index contributed by atoms with van der Waals surface area (Å²) in [4.78, 5) is 22.3. The number of hydrogen-bond acceptors (Lipinski definition) is 3. The molecule has 80 valence electrons. The number of carbonyl (C=O) groups is 2. The highest BCUT2D eigenvalue weighted by molar-refractivity contribution is 6.09. The van der Waals surface area contributed by atoms with E-state index in [9.17, 15) is 9.59 Å². The Hall–Kier alpha value is -2.20. The second-order valence-electron chi connectivity index (χ2n) is 3.31. The van der Waals surface area contributed by atoms with E-state index in [-0.39, 0.29) is 11.1 Å². The Morgan fingerprint density at radius 2 is 1.94 bits per heavy atom. The van der Waals surface area contributed by atoms with Crippen LogP contribution in [0, 0.1) is 0 Å². The lowest BCUT2D eigenvalue weighted by atomic mass is 9.99. The molecule has 0 spiro atoms. The van der Waals surface area contributed by atoms with Crippen molar-refractivity contribution >= 4 is 23.0 Å². The fraction of sp³-hybridized carbons (Fsp3) is 0. The summed E-state index contributed by atoms with van der Waals surface area (Å²) in [7, 11) is 0. The predicted molar refractivity (Wildman–Crippen MR) is 58.6 cm³/mol. The van der Waals surface area contributed by atoms with Crippen LogP contribution < -0.4 is 5.48 Å². The first-order chi connectivity index (χ1) is 7.77. The van der Waals surface area contributed by atoms with E-state index in [1.54, 1.807) is 18.2 Å². The summed E-state index contributed by atoms with van der Waals surface area (Å²) < 4.78 is 0. The van der Waals surface area contributed by atoms with E-state index in [1.165, 1.54) is 11.5 Å². The number of carbonyl (C=O) groups excluding carboxylic acids is 2. The van der Waals surface area contributed by atoms with Gasteiger partial charge in [0.1, 0.15) is 0 Å². The molecule has 0 heterocycles. The Kier molecular flexibility index (Phi) is 2.66. The van der Waals surface area contributed by atoms with Crippen LogP contribution in [0.25, 0.3) is 10.8 Å². The number of fused-ring (bicyclic) bond motifs is 1. The van der Waals surface area contributed by atoms with Crippen LogP contribution in [-0.4, -0.2) is 17.4 Å². The number of nitrogens with one attached hydrogen (secondary N) is 1. The summed E-state index contributed by atoms with van der Waals surface area (Å²) in [5, 5.41) is 10.1. The molecule has 0 fully saturated rings. The minimum atomic E-state index is -0.687. The maximum absolute atomic E-state index is 11.3. The lowest BCUT2D eigenvalue weighted by Crippen LogP contribution is -2.20. The van der Waals surface area contributed by atoms with Crippen molar-refractivity contribution in [1.29, 1.82) is 0 Å². The van der Waals surface area contributed by atoms with Gasteiger partial charge in [-0.25, -0.2) is 5.48 Å². The molecule has 0 saturated heterocycles. The summed E-state index contributed by atoms with van der Waals surface area (Å²) in [6.45, 7) is 0. The van der Waals surface area contributed by atoms with Crippen LogP contribution in [0.4, 0.5) is 0 Å². The van der Waals surface area contributed by atoms with Crippen LogP contribution in [0.2, 0.25) is 0 Å². The molecule has 16 heavy (non-hydrogen) atoms. The predicted octanol–water partition coefficient (Wildman–Crippen LogP) is 1.77. The molecule has 0 bridgehead atoms. The summed E-state index contributed by atoms with van der Waals surface area (Å²) in [6, 6.07) is 10.5. The summed E-state index contributed by atoms with van der Waals surface area (Å²) in [6.07, 6.45) is 0.618. The first kappa shape index (κ1) is 10.3. The lowest BCUT2D eigenvalue weighted by molar-refractivity contribution is 0.0704. The Morgan fingerprint density at radius 1 is 1.19 bits per heavy atom. The summed E-state index contributed by atoms with van der Waals surface area (Å²) in [5.41, 5.74) is 1.97. The second-order valence-corrected chi connectivity index (χ2v) is 3.31. The van der Waals surface area contributed by atoms with Crippen molar-refractivity contribution in [1.82, 2.24) is 5.48 Å². The van der Waals surface area contributed by atoms with Gasteiger partial charge >= 0.3 is 0 Å². The van der Waals surface area contributed by atoms with Gasteiger partial charge in [0.15, 0.2) is 6.29 Å². The zero-order valence-corrected chi connectivity index (χ0v) is 8.31. The minimum absolute atomic E-state index is 0.163. The van der Waals surface area contributed by atoms with Crippen LogP contribution in [0.3, 0.4) is 0 Å². The zero-order chi connectivity index (χ0) is 11.5. The van der Waals surface area contributed by atoms with E-state index in [0.29, 0.717) is 11.7 Å². The maximum Gasteiger partial charge on any atom is 0.275 e. The van der Waals surface area contributed by atoms with Gasteiger partial charge in [0.2, 0.25) is 0 Å².